The highest BCUT2D eigenvalue weighted by molar-refractivity contribution is 6.05. The molecule has 0 saturated heterocycles. The van der Waals surface area contributed by atoms with E-state index in [1.807, 2.05) is 28.2 Å². The van der Waals surface area contributed by atoms with Gasteiger partial charge in [0.25, 0.3) is 5.95 Å². The summed E-state index contributed by atoms with van der Waals surface area (Å²) in [6.45, 7) is 1.77. The van der Waals surface area contributed by atoms with Crippen LogP contribution in [-0.4, -0.2) is 60.1 Å². The Morgan fingerprint density at radius 3 is 2.47 bits per heavy atom. The van der Waals surface area contributed by atoms with Crippen LogP contribution < -0.4 is 0 Å². The van der Waals surface area contributed by atoms with Gasteiger partial charge in [0.1, 0.15) is 0 Å². The lowest BCUT2D eigenvalue weighted by molar-refractivity contribution is 0.104. The van der Waals surface area contributed by atoms with E-state index in [9.17, 15) is 4.79 Å². The van der Waals surface area contributed by atoms with E-state index in [0.29, 0.717) is 17.2 Å². The molecule has 19 heavy (non-hydrogen) atoms. The first kappa shape index (κ1) is 14.8. The van der Waals surface area contributed by atoms with Gasteiger partial charge in [-0.25, -0.2) is 15.0 Å². The van der Waals surface area contributed by atoms with Gasteiger partial charge in [-0.3, -0.25) is 4.79 Å². The minimum Gasteiger partial charge on any atom is -0.383 e. The zero-order valence-electron chi connectivity index (χ0n) is 12.0. The number of aliphatic imine (C=N–C) groups is 1. The normalized spacial score (nSPS) is 11.2. The van der Waals surface area contributed by atoms with Crippen molar-refractivity contribution in [2.24, 2.45) is 4.99 Å². The first-order valence-corrected chi connectivity index (χ1v) is 5.83. The van der Waals surface area contributed by atoms with Crippen molar-refractivity contribution in [3.05, 3.63) is 29.7 Å². The minimum atomic E-state index is -0.116. The molecule has 102 valence electrons. The van der Waals surface area contributed by atoms with Gasteiger partial charge in [0.15, 0.2) is 5.78 Å². The van der Waals surface area contributed by atoms with E-state index in [1.54, 1.807) is 29.3 Å². The Morgan fingerprint density at radius 1 is 1.26 bits per heavy atom. The number of ketones is 1. The van der Waals surface area contributed by atoms with Gasteiger partial charge in [-0.15, -0.1) is 0 Å². The standard InChI is InChI=1S/C13H19N5O/c1-10-11(12(19)6-7-17(2)3)8-14-13(16-10)15-9-18(4)5/h6-9H,1-5H3. The molecule has 0 aliphatic carbocycles. The SMILES string of the molecule is Cc1nc(N=CN(C)C)ncc1C(=O)C=CN(C)C. The summed E-state index contributed by atoms with van der Waals surface area (Å²) in [7, 11) is 7.43. The van der Waals surface area contributed by atoms with Crippen molar-refractivity contribution in [2.75, 3.05) is 28.2 Å². The van der Waals surface area contributed by atoms with Gasteiger partial charge in [-0.05, 0) is 6.92 Å². The third-order valence-electron chi connectivity index (χ3n) is 2.16. The Balaban J connectivity index is 2.91. The molecule has 0 spiro atoms. The molecule has 0 unspecified atom stereocenters. The third kappa shape index (κ3) is 4.87. The summed E-state index contributed by atoms with van der Waals surface area (Å²) in [5.74, 6) is 0.230. The summed E-state index contributed by atoms with van der Waals surface area (Å²) in [4.78, 5) is 27.8. The predicted molar refractivity (Wildman–Crippen MR) is 75.8 cm³/mol. The number of nitrogens with zero attached hydrogens (tertiary/aromatic N) is 5. The van der Waals surface area contributed by atoms with Crippen LogP contribution in [0.15, 0.2) is 23.5 Å². The van der Waals surface area contributed by atoms with Crippen LogP contribution in [0, 0.1) is 6.92 Å². The Labute approximate surface area is 113 Å². The monoisotopic (exact) mass is 261 g/mol. The largest absolute Gasteiger partial charge is 0.383 e. The van der Waals surface area contributed by atoms with Crippen LogP contribution in [0.4, 0.5) is 5.95 Å². The molecule has 0 atom stereocenters. The fourth-order valence-corrected chi connectivity index (χ4v) is 1.23. The molecule has 0 fully saturated rings. The van der Waals surface area contributed by atoms with E-state index >= 15 is 0 Å². The van der Waals surface area contributed by atoms with Crippen molar-refractivity contribution in [3.8, 4) is 0 Å². The lowest BCUT2D eigenvalue weighted by atomic mass is 10.1. The van der Waals surface area contributed by atoms with E-state index in [4.69, 9.17) is 0 Å². The van der Waals surface area contributed by atoms with Crippen LogP contribution in [-0.2, 0) is 0 Å². The zero-order valence-corrected chi connectivity index (χ0v) is 12.0. The minimum absolute atomic E-state index is 0.116. The topological polar surface area (TPSA) is 61.7 Å². The Hall–Kier alpha value is -2.24. The summed E-state index contributed by atoms with van der Waals surface area (Å²) in [5.41, 5.74) is 1.11. The van der Waals surface area contributed by atoms with Crippen LogP contribution >= 0.6 is 0 Å². The average molecular weight is 261 g/mol. The molecular weight excluding hydrogens is 242 g/mol. The second-order valence-electron chi connectivity index (χ2n) is 4.52. The van der Waals surface area contributed by atoms with Crippen LogP contribution in [0.25, 0.3) is 0 Å². The van der Waals surface area contributed by atoms with Gasteiger partial charge < -0.3 is 9.80 Å². The van der Waals surface area contributed by atoms with E-state index in [2.05, 4.69) is 15.0 Å². The number of hydrogen-bond donors (Lipinski definition) is 0. The summed E-state index contributed by atoms with van der Waals surface area (Å²) in [6, 6.07) is 0. The van der Waals surface area contributed by atoms with Crippen LogP contribution in [0.2, 0.25) is 0 Å². The van der Waals surface area contributed by atoms with E-state index in [0.717, 1.165) is 0 Å². The van der Waals surface area contributed by atoms with Crippen LogP contribution in [0.5, 0.6) is 0 Å². The van der Waals surface area contributed by atoms with Crippen molar-refractivity contribution in [1.82, 2.24) is 19.8 Å². The summed E-state index contributed by atoms with van der Waals surface area (Å²) in [6.07, 6.45) is 6.31. The molecular formula is C13H19N5O. The smallest absolute Gasteiger partial charge is 0.250 e. The molecule has 0 aromatic carbocycles. The molecule has 0 amide bonds. The highest BCUT2D eigenvalue weighted by Crippen LogP contribution is 2.10. The molecule has 6 nitrogen and oxygen atoms in total. The van der Waals surface area contributed by atoms with Crippen LogP contribution in [0.1, 0.15) is 16.1 Å². The molecule has 6 heteroatoms. The fourth-order valence-electron chi connectivity index (χ4n) is 1.23. The van der Waals surface area contributed by atoms with Crippen molar-refractivity contribution < 1.29 is 4.79 Å². The van der Waals surface area contributed by atoms with Crippen molar-refractivity contribution >= 4 is 18.1 Å². The molecule has 1 heterocycles. The first-order valence-electron chi connectivity index (χ1n) is 5.83. The second kappa shape index (κ2) is 6.63. The number of aryl methyl sites for hydroxylation is 1. The molecule has 0 bridgehead atoms. The lowest BCUT2D eigenvalue weighted by Crippen LogP contribution is -2.08. The Bertz CT molecular complexity index is 506. The van der Waals surface area contributed by atoms with Gasteiger partial charge in [0.2, 0.25) is 0 Å². The molecule has 0 radical (unpaired) electrons. The van der Waals surface area contributed by atoms with Crippen molar-refractivity contribution in [1.29, 1.82) is 0 Å². The molecule has 0 aliphatic heterocycles. The Morgan fingerprint density at radius 2 is 1.95 bits per heavy atom. The molecule has 1 aromatic rings. The number of aromatic nitrogens is 2. The van der Waals surface area contributed by atoms with Gasteiger partial charge in [0.05, 0.1) is 17.6 Å². The quantitative estimate of drug-likeness (QED) is 0.346. The van der Waals surface area contributed by atoms with Gasteiger partial charge in [-0.2, -0.15) is 0 Å². The van der Waals surface area contributed by atoms with E-state index in [-0.39, 0.29) is 5.78 Å². The maximum Gasteiger partial charge on any atom is 0.250 e. The second-order valence-corrected chi connectivity index (χ2v) is 4.52. The van der Waals surface area contributed by atoms with E-state index < -0.39 is 0 Å². The molecule has 1 rings (SSSR count). The first-order chi connectivity index (χ1) is 8.90. The third-order valence-corrected chi connectivity index (χ3v) is 2.16. The zero-order chi connectivity index (χ0) is 14.4. The molecule has 1 aromatic heterocycles. The maximum absolute atomic E-state index is 11.9. The van der Waals surface area contributed by atoms with Gasteiger partial charge in [-0.1, -0.05) is 0 Å². The Kier molecular flexibility index (Phi) is 5.17. The van der Waals surface area contributed by atoms with E-state index in [1.165, 1.54) is 12.3 Å². The van der Waals surface area contributed by atoms with Crippen LogP contribution in [0.3, 0.4) is 0 Å². The summed E-state index contributed by atoms with van der Waals surface area (Å²) >= 11 is 0. The van der Waals surface area contributed by atoms with Crippen molar-refractivity contribution in [3.63, 3.8) is 0 Å². The summed E-state index contributed by atoms with van der Waals surface area (Å²) in [5, 5.41) is 0. The fraction of sp³-hybridized carbons (Fsp3) is 0.385. The molecule has 0 saturated carbocycles. The molecule has 0 aliphatic rings. The molecule has 0 N–H and O–H groups in total. The van der Waals surface area contributed by atoms with Gasteiger partial charge >= 0.3 is 0 Å². The number of hydrogen-bond acceptors (Lipinski definition) is 5. The van der Waals surface area contributed by atoms with Gasteiger partial charge in [0, 0.05) is 46.7 Å². The predicted octanol–water partition coefficient (Wildman–Crippen LogP) is 1.26. The number of rotatable bonds is 5. The maximum atomic E-state index is 11.9. The number of allylic oxidation sites excluding steroid dienone is 1. The highest BCUT2D eigenvalue weighted by atomic mass is 16.1. The van der Waals surface area contributed by atoms with Crippen molar-refractivity contribution in [2.45, 2.75) is 6.92 Å². The highest BCUT2D eigenvalue weighted by Gasteiger charge is 2.08. The number of carbonyl (C=O) groups is 1. The lowest BCUT2D eigenvalue weighted by Gasteiger charge is -2.05. The number of carbonyl (C=O) groups excluding carboxylic acids is 1. The average Bonchev–Trinajstić information content (AvgIpc) is 2.33. The summed E-state index contributed by atoms with van der Waals surface area (Å²) < 4.78 is 0.